The van der Waals surface area contributed by atoms with Gasteiger partial charge in [0.25, 0.3) is 0 Å². The van der Waals surface area contributed by atoms with Crippen molar-refractivity contribution < 1.29 is 37.4 Å². The molecular formula is C28H37BF4N2O2. The summed E-state index contributed by atoms with van der Waals surface area (Å²) in [6.45, 7) is 13.0. The van der Waals surface area contributed by atoms with Crippen LogP contribution in [0.3, 0.4) is 0 Å². The third kappa shape index (κ3) is 8.67. The monoisotopic (exact) mass is 520 g/mol. The SMILES string of the molecule is Cc1cc(C)c([NH+](C)C)c(C)c1.Cc1cc(C)c([NH+](C)C)c(C)c1.[O-]B([O-])c1c(F)cc(F)c(F)c1F. The normalized spacial score (nSPS) is 10.6. The van der Waals surface area contributed by atoms with Gasteiger partial charge in [-0.15, -0.1) is 0 Å². The molecule has 3 aromatic carbocycles. The average molecular weight is 520 g/mol. The molecule has 2 N–H and O–H groups in total. The van der Waals surface area contributed by atoms with E-state index in [1.807, 2.05) is 0 Å². The van der Waals surface area contributed by atoms with Gasteiger partial charge < -0.3 is 19.8 Å². The molecule has 9 heteroatoms. The van der Waals surface area contributed by atoms with E-state index in [0.29, 0.717) is 0 Å². The maximum absolute atomic E-state index is 12.5. The first-order chi connectivity index (χ1) is 17.0. The van der Waals surface area contributed by atoms with Crippen molar-refractivity contribution in [2.75, 3.05) is 28.2 Å². The van der Waals surface area contributed by atoms with Gasteiger partial charge in [0.15, 0.2) is 17.5 Å². The van der Waals surface area contributed by atoms with Crippen molar-refractivity contribution in [3.05, 3.63) is 87.0 Å². The van der Waals surface area contributed by atoms with Crippen molar-refractivity contribution in [2.45, 2.75) is 41.5 Å². The highest BCUT2D eigenvalue weighted by molar-refractivity contribution is 6.55. The van der Waals surface area contributed by atoms with Gasteiger partial charge in [-0.2, -0.15) is 0 Å². The molecule has 37 heavy (non-hydrogen) atoms. The summed E-state index contributed by atoms with van der Waals surface area (Å²) in [5.41, 5.74) is 9.63. The Hall–Kier alpha value is -2.72. The molecule has 0 radical (unpaired) electrons. The Kier molecular flexibility index (Phi) is 12.0. The van der Waals surface area contributed by atoms with Crippen LogP contribution in [0.15, 0.2) is 30.3 Å². The molecule has 0 amide bonds. The predicted octanol–water partition coefficient (Wildman–Crippen LogP) is 1.43. The Morgan fingerprint density at radius 1 is 0.541 bits per heavy atom. The van der Waals surface area contributed by atoms with E-state index >= 15 is 0 Å². The number of rotatable bonds is 3. The maximum Gasteiger partial charge on any atom is 0.193 e. The first-order valence-electron chi connectivity index (χ1n) is 11.9. The molecule has 4 nitrogen and oxygen atoms in total. The third-order valence-corrected chi connectivity index (χ3v) is 5.74. The standard InChI is InChI=1S/2C11H17N.C6HBF4O2/c2*1-8-6-9(2)11(12(4)5)10(3)7-8;8-2-1-3(9)5(10)6(11)4(2)7(12)13/h2*6-7H,1-5H3;1H/q;;-2/p+2. The van der Waals surface area contributed by atoms with Gasteiger partial charge in [-0.1, -0.05) is 48.0 Å². The Morgan fingerprint density at radius 3 is 1.14 bits per heavy atom. The lowest BCUT2D eigenvalue weighted by Gasteiger charge is -2.27. The van der Waals surface area contributed by atoms with Crippen LogP contribution >= 0.6 is 0 Å². The summed E-state index contributed by atoms with van der Waals surface area (Å²) in [5, 5.41) is 20.2. The van der Waals surface area contributed by atoms with E-state index in [-0.39, 0.29) is 6.07 Å². The summed E-state index contributed by atoms with van der Waals surface area (Å²) in [6, 6.07) is 8.94. The second-order valence-corrected chi connectivity index (χ2v) is 9.76. The van der Waals surface area contributed by atoms with Crippen LogP contribution in [0.2, 0.25) is 0 Å². The molecule has 0 atom stereocenters. The molecule has 0 aliphatic rings. The van der Waals surface area contributed by atoms with Crippen LogP contribution in [0.5, 0.6) is 0 Å². The minimum absolute atomic E-state index is 0.0451. The van der Waals surface area contributed by atoms with Gasteiger partial charge in [-0.25, -0.2) is 17.6 Å². The smallest absolute Gasteiger partial charge is 0.193 e. The molecule has 0 aromatic heterocycles. The number of hydrogen-bond donors (Lipinski definition) is 2. The van der Waals surface area contributed by atoms with Gasteiger partial charge in [0.1, 0.15) is 17.2 Å². The number of benzene rings is 3. The molecule has 3 rings (SSSR count). The lowest BCUT2D eigenvalue weighted by molar-refractivity contribution is -0.787. The largest absolute Gasteiger partial charge is 0.889 e. The van der Waals surface area contributed by atoms with Crippen LogP contribution in [-0.4, -0.2) is 35.3 Å². The summed E-state index contributed by atoms with van der Waals surface area (Å²) in [5.74, 6) is -7.54. The van der Waals surface area contributed by atoms with Crippen LogP contribution < -0.4 is 25.3 Å². The highest BCUT2D eigenvalue weighted by atomic mass is 19.2. The van der Waals surface area contributed by atoms with E-state index < -0.39 is 35.9 Å². The third-order valence-electron chi connectivity index (χ3n) is 5.74. The van der Waals surface area contributed by atoms with Gasteiger partial charge in [-0.05, 0) is 41.5 Å². The van der Waals surface area contributed by atoms with Crippen molar-refractivity contribution in [1.29, 1.82) is 0 Å². The summed E-state index contributed by atoms with van der Waals surface area (Å²) in [6.07, 6.45) is 0. The van der Waals surface area contributed by atoms with Gasteiger partial charge in [0, 0.05) is 28.3 Å². The lowest BCUT2D eigenvalue weighted by Crippen LogP contribution is -3.00. The number of nitrogens with one attached hydrogen (secondary N) is 2. The quantitative estimate of drug-likeness (QED) is 0.238. The molecule has 202 valence electrons. The molecular weight excluding hydrogens is 483 g/mol. The van der Waals surface area contributed by atoms with Crippen LogP contribution in [0, 0.1) is 64.8 Å². The number of hydrogen-bond acceptors (Lipinski definition) is 2. The fourth-order valence-electron chi connectivity index (χ4n) is 4.73. The van der Waals surface area contributed by atoms with E-state index in [0.717, 1.165) is 0 Å². The molecule has 0 unspecified atom stereocenters. The summed E-state index contributed by atoms with van der Waals surface area (Å²) in [4.78, 5) is 2.81. The van der Waals surface area contributed by atoms with Crippen LogP contribution in [0.1, 0.15) is 33.4 Å². The molecule has 3 aromatic rings. The molecule has 0 heterocycles. The molecule has 0 aliphatic carbocycles. The Balaban J connectivity index is 0.000000278. The number of aryl methyl sites for hydroxylation is 6. The Bertz CT molecular complexity index is 1120. The highest BCUT2D eigenvalue weighted by Gasteiger charge is 2.16. The van der Waals surface area contributed by atoms with E-state index in [9.17, 15) is 27.6 Å². The average Bonchev–Trinajstić information content (AvgIpc) is 2.70. The fourth-order valence-corrected chi connectivity index (χ4v) is 4.73. The lowest BCUT2D eigenvalue weighted by atomic mass is 9.79. The second-order valence-electron chi connectivity index (χ2n) is 9.76. The van der Waals surface area contributed by atoms with E-state index in [1.54, 1.807) is 0 Å². The molecule has 0 saturated carbocycles. The summed E-state index contributed by atoms with van der Waals surface area (Å²) >= 11 is 0. The zero-order chi connectivity index (χ0) is 28.8. The maximum atomic E-state index is 12.5. The fraction of sp³-hybridized carbons (Fsp3) is 0.357. The highest BCUT2D eigenvalue weighted by Crippen LogP contribution is 2.18. The zero-order valence-electron chi connectivity index (χ0n) is 23.3. The van der Waals surface area contributed by atoms with Crippen molar-refractivity contribution in [2.24, 2.45) is 0 Å². The second kappa shape index (κ2) is 13.7. The van der Waals surface area contributed by atoms with E-state index in [4.69, 9.17) is 0 Å². The van der Waals surface area contributed by atoms with Crippen LogP contribution in [0.4, 0.5) is 28.9 Å². The molecule has 0 fully saturated rings. The van der Waals surface area contributed by atoms with Crippen LogP contribution in [0.25, 0.3) is 0 Å². The molecule has 0 spiro atoms. The van der Waals surface area contributed by atoms with Crippen molar-refractivity contribution >= 4 is 24.0 Å². The molecule has 0 bridgehead atoms. The molecule has 0 saturated heterocycles. The zero-order valence-corrected chi connectivity index (χ0v) is 23.3. The van der Waals surface area contributed by atoms with Crippen molar-refractivity contribution in [3.8, 4) is 0 Å². The molecule has 0 aliphatic heterocycles. The topological polar surface area (TPSA) is 55.0 Å². The van der Waals surface area contributed by atoms with Crippen LogP contribution in [-0.2, 0) is 0 Å². The first-order valence-corrected chi connectivity index (χ1v) is 11.9. The minimum atomic E-state index is -3.02. The van der Waals surface area contributed by atoms with Gasteiger partial charge >= 0.3 is 0 Å². The minimum Gasteiger partial charge on any atom is -0.889 e. The summed E-state index contributed by atoms with van der Waals surface area (Å²) < 4.78 is 49.6. The van der Waals surface area contributed by atoms with Gasteiger partial charge in [0.2, 0.25) is 0 Å². The van der Waals surface area contributed by atoms with Gasteiger partial charge in [-0.3, -0.25) is 0 Å². The van der Waals surface area contributed by atoms with E-state index in [2.05, 4.69) is 94.0 Å². The Morgan fingerprint density at radius 2 is 0.865 bits per heavy atom. The Labute approximate surface area is 218 Å². The number of halogens is 4. The van der Waals surface area contributed by atoms with Crippen molar-refractivity contribution in [3.63, 3.8) is 0 Å². The number of quaternary nitrogens is 2. The first kappa shape index (κ1) is 32.3. The predicted molar refractivity (Wildman–Crippen MR) is 138 cm³/mol. The van der Waals surface area contributed by atoms with Gasteiger partial charge in [0.05, 0.1) is 28.2 Å². The summed E-state index contributed by atoms with van der Waals surface area (Å²) in [7, 11) is 5.67. The van der Waals surface area contributed by atoms with Crippen molar-refractivity contribution in [1.82, 2.24) is 0 Å². The van der Waals surface area contributed by atoms with E-state index in [1.165, 1.54) is 54.6 Å².